The van der Waals surface area contributed by atoms with Crippen molar-refractivity contribution in [2.45, 2.75) is 30.7 Å². The first-order chi connectivity index (χ1) is 15.0. The van der Waals surface area contributed by atoms with E-state index in [9.17, 15) is 20.2 Å². The Kier molecular flexibility index (Phi) is 3.84. The molecule has 156 valence electrons. The minimum Gasteiger partial charge on any atom is -0.363 e. The molecule has 0 saturated heterocycles. The van der Waals surface area contributed by atoms with Crippen molar-refractivity contribution in [1.82, 2.24) is 0 Å². The zero-order valence-corrected chi connectivity index (χ0v) is 16.8. The fraction of sp³-hybridized carbons (Fsp3) is 0.333. The van der Waals surface area contributed by atoms with Crippen molar-refractivity contribution in [3.05, 3.63) is 97.6 Å². The highest BCUT2D eigenvalue weighted by molar-refractivity contribution is 5.72. The van der Waals surface area contributed by atoms with Crippen molar-refractivity contribution in [3.63, 3.8) is 0 Å². The van der Waals surface area contributed by atoms with E-state index < -0.39 is 0 Å². The van der Waals surface area contributed by atoms with Crippen molar-refractivity contribution in [2.24, 2.45) is 11.8 Å². The van der Waals surface area contributed by atoms with E-state index in [0.717, 1.165) is 41.8 Å². The van der Waals surface area contributed by atoms with E-state index >= 15 is 0 Å². The van der Waals surface area contributed by atoms with Crippen LogP contribution in [0.3, 0.4) is 0 Å². The smallest absolute Gasteiger partial charge is 0.270 e. The van der Waals surface area contributed by atoms with Crippen LogP contribution in [0.1, 0.15) is 47.4 Å². The third-order valence-electron chi connectivity index (χ3n) is 7.47. The first-order valence-electron chi connectivity index (χ1n) is 10.7. The monoisotopic (exact) mass is 415 g/mol. The molecule has 0 saturated carbocycles. The summed E-state index contributed by atoms with van der Waals surface area (Å²) in [6.07, 6.45) is 10.5. The number of allylic oxidation sites excluding steroid dienone is 4. The van der Waals surface area contributed by atoms with Crippen LogP contribution in [0, 0.1) is 32.1 Å². The summed E-state index contributed by atoms with van der Waals surface area (Å²) in [5.74, 6) is 0.846. The number of hydrogen-bond acceptors (Lipinski definition) is 5. The molecule has 7 heteroatoms. The van der Waals surface area contributed by atoms with Gasteiger partial charge >= 0.3 is 0 Å². The van der Waals surface area contributed by atoms with Crippen LogP contribution in [0.15, 0.2) is 60.7 Å². The van der Waals surface area contributed by atoms with Crippen molar-refractivity contribution in [1.29, 1.82) is 0 Å². The maximum absolute atomic E-state index is 11.7. The number of nitrogens with zero attached hydrogens (tertiary/aromatic N) is 3. The summed E-state index contributed by atoms with van der Waals surface area (Å²) in [5, 5.41) is 23.2. The SMILES string of the molecule is O=[N+]([O-])c1cccc([C@@H]2[C@@H]3CC=C[C@@H]3c3cc([N+](=O)[O-])cc4c3N2C[C@H]2CC=C[C@@H]42)c1. The van der Waals surface area contributed by atoms with Gasteiger partial charge in [-0.2, -0.15) is 0 Å². The molecule has 5 atom stereocenters. The van der Waals surface area contributed by atoms with Gasteiger partial charge in [0.1, 0.15) is 0 Å². The van der Waals surface area contributed by atoms with Crippen LogP contribution in [0.2, 0.25) is 0 Å². The molecule has 0 bridgehead atoms. The molecule has 2 heterocycles. The topological polar surface area (TPSA) is 89.5 Å². The third-order valence-corrected chi connectivity index (χ3v) is 7.47. The molecule has 6 rings (SSSR count). The Morgan fingerprint density at radius 3 is 2.35 bits per heavy atom. The highest BCUT2D eigenvalue weighted by atomic mass is 16.6. The van der Waals surface area contributed by atoms with Gasteiger partial charge in [-0.15, -0.1) is 0 Å². The zero-order valence-electron chi connectivity index (χ0n) is 16.8. The maximum atomic E-state index is 11.7. The highest BCUT2D eigenvalue weighted by Gasteiger charge is 2.48. The molecule has 0 radical (unpaired) electrons. The molecule has 2 aliphatic heterocycles. The van der Waals surface area contributed by atoms with E-state index in [1.807, 2.05) is 6.07 Å². The number of nitro groups is 2. The Labute approximate surface area is 179 Å². The molecule has 2 aromatic carbocycles. The number of nitro benzene ring substituents is 2. The fourth-order valence-electron chi connectivity index (χ4n) is 6.27. The predicted octanol–water partition coefficient (Wildman–Crippen LogP) is 5.40. The zero-order chi connectivity index (χ0) is 21.3. The second kappa shape index (κ2) is 6.51. The molecule has 2 aliphatic carbocycles. The van der Waals surface area contributed by atoms with Gasteiger partial charge in [-0.25, -0.2) is 0 Å². The van der Waals surface area contributed by atoms with Gasteiger partial charge in [0.05, 0.1) is 15.9 Å². The van der Waals surface area contributed by atoms with Gasteiger partial charge in [-0.05, 0) is 41.4 Å². The van der Waals surface area contributed by atoms with Crippen molar-refractivity contribution in [2.75, 3.05) is 11.4 Å². The molecule has 0 spiro atoms. The predicted molar refractivity (Wildman–Crippen MR) is 116 cm³/mol. The van der Waals surface area contributed by atoms with Gasteiger partial charge < -0.3 is 4.90 Å². The Morgan fingerprint density at radius 1 is 0.871 bits per heavy atom. The molecule has 7 nitrogen and oxygen atoms in total. The number of fused-ring (bicyclic) bond motifs is 4. The summed E-state index contributed by atoms with van der Waals surface area (Å²) >= 11 is 0. The standard InChI is InChI=1S/C24H21N3O4/c28-26(29)16-6-1-4-14(10-16)23-20-9-3-8-19(20)22-12-17(27(30)31)11-21-18-7-2-5-15(18)13-25(23)24(21)22/h1-4,6-8,10-12,15,18-20,23H,5,9,13H2/t15-,18-,19+,20-,23-/m1/s1. The minimum atomic E-state index is -0.341. The van der Waals surface area contributed by atoms with Crippen LogP contribution in [0.25, 0.3) is 0 Å². The third kappa shape index (κ3) is 2.59. The van der Waals surface area contributed by atoms with Crippen LogP contribution in [-0.2, 0) is 0 Å². The Hall–Kier alpha value is -3.48. The lowest BCUT2D eigenvalue weighted by Crippen LogP contribution is -2.46. The number of anilines is 1. The molecule has 2 aromatic rings. The number of non-ortho nitro benzene ring substituents is 2. The molecule has 0 unspecified atom stereocenters. The average Bonchev–Trinajstić information content (AvgIpc) is 3.43. The Balaban J connectivity index is 1.58. The van der Waals surface area contributed by atoms with E-state index in [2.05, 4.69) is 29.2 Å². The Bertz CT molecular complexity index is 1170. The number of hydrogen-bond donors (Lipinski definition) is 0. The summed E-state index contributed by atoms with van der Waals surface area (Å²) in [5.41, 5.74) is 4.37. The van der Waals surface area contributed by atoms with Crippen molar-refractivity contribution < 1.29 is 9.85 Å². The van der Waals surface area contributed by atoms with Gasteiger partial charge in [0.15, 0.2) is 0 Å². The average molecular weight is 415 g/mol. The normalized spacial score (nSPS) is 29.4. The van der Waals surface area contributed by atoms with E-state index in [4.69, 9.17) is 0 Å². The minimum absolute atomic E-state index is 0.00848. The lowest BCUT2D eigenvalue weighted by Gasteiger charge is -2.51. The molecular weight excluding hydrogens is 394 g/mol. The van der Waals surface area contributed by atoms with E-state index in [1.54, 1.807) is 24.3 Å². The molecule has 31 heavy (non-hydrogen) atoms. The summed E-state index contributed by atoms with van der Waals surface area (Å²) in [4.78, 5) is 24.9. The van der Waals surface area contributed by atoms with Crippen LogP contribution >= 0.6 is 0 Å². The molecule has 4 aliphatic rings. The van der Waals surface area contributed by atoms with Gasteiger partial charge in [-0.3, -0.25) is 20.2 Å². The largest absolute Gasteiger partial charge is 0.363 e. The van der Waals surface area contributed by atoms with Gasteiger partial charge in [0, 0.05) is 48.3 Å². The lowest BCUT2D eigenvalue weighted by molar-refractivity contribution is -0.385. The fourth-order valence-corrected chi connectivity index (χ4v) is 6.27. The molecule has 0 amide bonds. The second-order valence-corrected chi connectivity index (χ2v) is 8.98. The second-order valence-electron chi connectivity index (χ2n) is 8.98. The van der Waals surface area contributed by atoms with Crippen LogP contribution in [-0.4, -0.2) is 16.4 Å². The summed E-state index contributed by atoms with van der Waals surface area (Å²) in [6, 6.07) is 10.5. The molecular formula is C24H21N3O4. The maximum Gasteiger partial charge on any atom is 0.270 e. The van der Waals surface area contributed by atoms with Crippen LogP contribution in [0.4, 0.5) is 17.1 Å². The summed E-state index contributed by atoms with van der Waals surface area (Å²) in [6.45, 7) is 0.853. The lowest BCUT2D eigenvalue weighted by atomic mass is 9.70. The first kappa shape index (κ1) is 18.3. The van der Waals surface area contributed by atoms with E-state index in [0.29, 0.717) is 5.92 Å². The quantitative estimate of drug-likeness (QED) is 0.380. The highest BCUT2D eigenvalue weighted by Crippen LogP contribution is 2.59. The van der Waals surface area contributed by atoms with Gasteiger partial charge in [0.2, 0.25) is 0 Å². The molecule has 0 aromatic heterocycles. The van der Waals surface area contributed by atoms with E-state index in [-0.39, 0.29) is 45.0 Å². The van der Waals surface area contributed by atoms with Crippen molar-refractivity contribution in [3.8, 4) is 0 Å². The molecule has 0 fully saturated rings. The number of benzene rings is 2. The summed E-state index contributed by atoms with van der Waals surface area (Å²) in [7, 11) is 0. The van der Waals surface area contributed by atoms with Gasteiger partial charge in [0.25, 0.3) is 11.4 Å². The first-order valence-corrected chi connectivity index (χ1v) is 10.7. The Morgan fingerprint density at radius 2 is 1.58 bits per heavy atom. The number of rotatable bonds is 3. The van der Waals surface area contributed by atoms with Crippen LogP contribution < -0.4 is 4.90 Å². The molecule has 0 N–H and O–H groups in total. The van der Waals surface area contributed by atoms with Crippen LogP contribution in [0.5, 0.6) is 0 Å². The van der Waals surface area contributed by atoms with Crippen molar-refractivity contribution >= 4 is 17.1 Å². The summed E-state index contributed by atoms with van der Waals surface area (Å²) < 4.78 is 0. The van der Waals surface area contributed by atoms with Gasteiger partial charge in [-0.1, -0.05) is 36.4 Å². The van der Waals surface area contributed by atoms with E-state index in [1.165, 1.54) is 6.07 Å².